The molecule has 2 aliphatic heterocycles. The molecule has 2 aromatic carbocycles. The molecule has 5 rings (SSSR count). The fourth-order valence-corrected chi connectivity index (χ4v) is 5.40. The summed E-state index contributed by atoms with van der Waals surface area (Å²) in [5.74, 6) is 6.68. The molecular formula is C28H33N3O2. The summed E-state index contributed by atoms with van der Waals surface area (Å²) < 4.78 is 0. The number of benzene rings is 2. The summed E-state index contributed by atoms with van der Waals surface area (Å²) in [6, 6.07) is 19.3. The van der Waals surface area contributed by atoms with Gasteiger partial charge in [0.25, 0.3) is 0 Å². The minimum Gasteiger partial charge on any atom is -0.395 e. The van der Waals surface area contributed by atoms with Crippen molar-refractivity contribution in [1.82, 2.24) is 15.1 Å². The predicted octanol–water partition coefficient (Wildman–Crippen LogP) is 3.57. The van der Waals surface area contributed by atoms with Gasteiger partial charge in [-0.25, -0.2) is 4.79 Å². The second-order valence-electron chi connectivity index (χ2n) is 9.55. The lowest BCUT2D eigenvalue weighted by Crippen LogP contribution is -2.68. The van der Waals surface area contributed by atoms with Gasteiger partial charge in [0.05, 0.1) is 6.61 Å². The number of carbonyl (C=O) groups is 1. The van der Waals surface area contributed by atoms with Gasteiger partial charge in [0.1, 0.15) is 0 Å². The third-order valence-corrected chi connectivity index (χ3v) is 7.51. The second kappa shape index (κ2) is 9.99. The molecule has 5 nitrogen and oxygen atoms in total. The molecular weight excluding hydrogens is 410 g/mol. The second-order valence-corrected chi connectivity index (χ2v) is 9.55. The van der Waals surface area contributed by atoms with E-state index in [2.05, 4.69) is 46.3 Å². The van der Waals surface area contributed by atoms with Crippen molar-refractivity contribution >= 4 is 6.03 Å². The van der Waals surface area contributed by atoms with Crippen LogP contribution < -0.4 is 5.32 Å². The van der Waals surface area contributed by atoms with E-state index in [4.69, 9.17) is 0 Å². The van der Waals surface area contributed by atoms with Gasteiger partial charge in [0.2, 0.25) is 0 Å². The summed E-state index contributed by atoms with van der Waals surface area (Å²) in [6.07, 6.45) is 5.49. The first-order valence-electron chi connectivity index (χ1n) is 12.3. The number of fused-ring (bicyclic) bond motifs is 1. The molecule has 2 saturated heterocycles. The molecule has 2 amide bonds. The molecule has 0 spiro atoms. The minimum absolute atomic E-state index is 0.0827. The predicted molar refractivity (Wildman–Crippen MR) is 130 cm³/mol. The van der Waals surface area contributed by atoms with Crippen molar-refractivity contribution in [3.8, 4) is 11.8 Å². The van der Waals surface area contributed by atoms with Crippen LogP contribution in [0.25, 0.3) is 0 Å². The van der Waals surface area contributed by atoms with Crippen molar-refractivity contribution in [1.29, 1.82) is 0 Å². The largest absolute Gasteiger partial charge is 0.395 e. The van der Waals surface area contributed by atoms with E-state index in [-0.39, 0.29) is 30.6 Å². The van der Waals surface area contributed by atoms with Crippen LogP contribution in [0.4, 0.5) is 4.79 Å². The number of hydrogen-bond acceptors (Lipinski definition) is 3. The summed E-state index contributed by atoms with van der Waals surface area (Å²) >= 11 is 0. The fourth-order valence-electron chi connectivity index (χ4n) is 5.40. The number of aliphatic hydroxyl groups is 1. The van der Waals surface area contributed by atoms with Gasteiger partial charge in [-0.15, -0.1) is 0 Å². The van der Waals surface area contributed by atoms with E-state index in [9.17, 15) is 9.90 Å². The van der Waals surface area contributed by atoms with Gasteiger partial charge in [0, 0.05) is 48.3 Å². The molecule has 3 aliphatic rings. The van der Waals surface area contributed by atoms with Gasteiger partial charge < -0.3 is 15.3 Å². The van der Waals surface area contributed by atoms with Crippen molar-refractivity contribution in [2.75, 3.05) is 26.2 Å². The lowest BCUT2D eigenvalue weighted by atomic mass is 9.74. The van der Waals surface area contributed by atoms with E-state index in [1.165, 1.54) is 12.0 Å². The van der Waals surface area contributed by atoms with Crippen LogP contribution in [0.5, 0.6) is 0 Å². The Morgan fingerprint density at radius 3 is 2.30 bits per heavy atom. The Kier molecular flexibility index (Phi) is 6.66. The maximum Gasteiger partial charge on any atom is 0.317 e. The number of urea groups is 1. The first kappa shape index (κ1) is 22.0. The summed E-state index contributed by atoms with van der Waals surface area (Å²) in [7, 11) is 0. The lowest BCUT2D eigenvalue weighted by molar-refractivity contribution is -0.0592. The number of amides is 2. The number of carbonyl (C=O) groups excluding carboxylic acids is 1. The summed E-state index contributed by atoms with van der Waals surface area (Å²) in [6.45, 7) is 2.67. The highest BCUT2D eigenvalue weighted by atomic mass is 16.3. The normalized spacial score (nSPS) is 25.4. The van der Waals surface area contributed by atoms with Gasteiger partial charge in [-0.2, -0.15) is 0 Å². The van der Waals surface area contributed by atoms with Crippen LogP contribution in [0.3, 0.4) is 0 Å². The molecule has 1 aliphatic carbocycles. The first-order valence-corrected chi connectivity index (χ1v) is 12.3. The number of aliphatic hydroxyl groups excluding tert-OH is 1. The van der Waals surface area contributed by atoms with E-state index < -0.39 is 0 Å². The average molecular weight is 444 g/mol. The highest BCUT2D eigenvalue weighted by Gasteiger charge is 2.49. The topological polar surface area (TPSA) is 55.8 Å². The first-order chi connectivity index (χ1) is 16.2. The monoisotopic (exact) mass is 443 g/mol. The standard InChI is InChI=1S/C28H33N3O2/c32-20-26-27(23-15-13-22(14-16-23)12-11-21-7-2-1-3-8-21)25-19-30(17-4-5-18-31(25)26)28(33)29-24-9-6-10-24/h1-3,7-8,13-16,24-27,32H,4-6,9-10,17-20H2,(H,29,33)/t25-,26+,27+/m0/s1. The van der Waals surface area contributed by atoms with E-state index >= 15 is 0 Å². The van der Waals surface area contributed by atoms with E-state index in [0.29, 0.717) is 6.04 Å². The molecule has 2 aromatic rings. The highest BCUT2D eigenvalue weighted by molar-refractivity contribution is 5.74. The zero-order valence-electron chi connectivity index (χ0n) is 19.1. The number of rotatable bonds is 3. The molecule has 0 aromatic heterocycles. The van der Waals surface area contributed by atoms with Crippen molar-refractivity contribution < 1.29 is 9.90 Å². The van der Waals surface area contributed by atoms with Crippen molar-refractivity contribution in [2.45, 2.75) is 56.1 Å². The summed E-state index contributed by atoms with van der Waals surface area (Å²) in [4.78, 5) is 17.3. The zero-order chi connectivity index (χ0) is 22.6. The van der Waals surface area contributed by atoms with Gasteiger partial charge in [0.15, 0.2) is 0 Å². The molecule has 0 unspecified atom stereocenters. The highest BCUT2D eigenvalue weighted by Crippen LogP contribution is 2.42. The van der Waals surface area contributed by atoms with Gasteiger partial charge in [-0.1, -0.05) is 42.2 Å². The van der Waals surface area contributed by atoms with Crippen molar-refractivity contribution in [3.63, 3.8) is 0 Å². The van der Waals surface area contributed by atoms with E-state index in [0.717, 1.165) is 56.4 Å². The Morgan fingerprint density at radius 1 is 0.939 bits per heavy atom. The Bertz CT molecular complexity index is 1010. The van der Waals surface area contributed by atoms with E-state index in [1.807, 2.05) is 35.2 Å². The van der Waals surface area contributed by atoms with Crippen LogP contribution in [0, 0.1) is 11.8 Å². The molecule has 3 fully saturated rings. The third-order valence-electron chi connectivity index (χ3n) is 7.51. The fraction of sp³-hybridized carbons (Fsp3) is 0.464. The molecule has 3 atom stereocenters. The Labute approximate surface area is 196 Å². The molecule has 172 valence electrons. The van der Waals surface area contributed by atoms with Gasteiger partial charge >= 0.3 is 6.03 Å². The Hall–Kier alpha value is -2.81. The zero-order valence-corrected chi connectivity index (χ0v) is 19.1. The van der Waals surface area contributed by atoms with Gasteiger partial charge in [-0.3, -0.25) is 4.90 Å². The van der Waals surface area contributed by atoms with Crippen molar-refractivity contribution in [3.05, 3.63) is 71.3 Å². The lowest BCUT2D eigenvalue weighted by Gasteiger charge is -2.57. The summed E-state index contributed by atoms with van der Waals surface area (Å²) in [5, 5.41) is 13.4. The maximum absolute atomic E-state index is 12.9. The number of nitrogens with zero attached hydrogens (tertiary/aromatic N) is 2. The third kappa shape index (κ3) is 4.78. The number of hydrogen-bond donors (Lipinski definition) is 2. The molecule has 5 heteroatoms. The Morgan fingerprint density at radius 2 is 1.64 bits per heavy atom. The van der Waals surface area contributed by atoms with Crippen LogP contribution in [0.15, 0.2) is 54.6 Å². The molecule has 33 heavy (non-hydrogen) atoms. The van der Waals surface area contributed by atoms with Crippen LogP contribution in [-0.4, -0.2) is 65.3 Å². The molecule has 0 bridgehead atoms. The molecule has 0 radical (unpaired) electrons. The smallest absolute Gasteiger partial charge is 0.317 e. The average Bonchev–Trinajstić information content (AvgIpc) is 2.80. The van der Waals surface area contributed by atoms with Crippen LogP contribution >= 0.6 is 0 Å². The molecule has 2 N–H and O–H groups in total. The SMILES string of the molecule is O=C(NC1CCC1)N1CCCCN2[C@H](CO)[C@H](c3ccc(C#Cc4ccccc4)cc3)[C@@H]2C1. The molecule has 2 heterocycles. The van der Waals surface area contributed by atoms with Crippen LogP contribution in [-0.2, 0) is 0 Å². The quantitative estimate of drug-likeness (QED) is 0.713. The molecule has 1 saturated carbocycles. The van der Waals surface area contributed by atoms with Crippen LogP contribution in [0.2, 0.25) is 0 Å². The minimum atomic E-state index is 0.0827. The van der Waals surface area contributed by atoms with Gasteiger partial charge in [-0.05, 0) is 68.5 Å². The van der Waals surface area contributed by atoms with E-state index in [1.54, 1.807) is 0 Å². The Balaban J connectivity index is 1.31. The summed E-state index contributed by atoms with van der Waals surface area (Å²) in [5.41, 5.74) is 3.21. The number of nitrogens with one attached hydrogen (secondary N) is 1. The van der Waals surface area contributed by atoms with Crippen LogP contribution in [0.1, 0.15) is 54.7 Å². The van der Waals surface area contributed by atoms with Crippen molar-refractivity contribution in [2.24, 2.45) is 0 Å². The maximum atomic E-state index is 12.9.